The summed E-state index contributed by atoms with van der Waals surface area (Å²) in [5.41, 5.74) is 1.67. The lowest BCUT2D eigenvalue weighted by atomic mass is 10.0. The second-order valence-corrected chi connectivity index (χ2v) is 8.07. The Morgan fingerprint density at radius 3 is 2.67 bits per heavy atom. The first-order chi connectivity index (χ1) is 14.7. The lowest BCUT2D eigenvalue weighted by Crippen LogP contribution is -2.49. The summed E-state index contributed by atoms with van der Waals surface area (Å²) in [5.74, 6) is 1.19. The van der Waals surface area contributed by atoms with E-state index in [1.807, 2.05) is 4.90 Å². The van der Waals surface area contributed by atoms with Crippen LogP contribution in [0.15, 0.2) is 30.6 Å². The summed E-state index contributed by atoms with van der Waals surface area (Å²) in [6.07, 6.45) is 7.04. The molecule has 0 bridgehead atoms. The van der Waals surface area contributed by atoms with Crippen molar-refractivity contribution in [3.63, 3.8) is 0 Å². The smallest absolute Gasteiger partial charge is 0.222 e. The van der Waals surface area contributed by atoms with Gasteiger partial charge in [-0.3, -0.25) is 4.79 Å². The van der Waals surface area contributed by atoms with E-state index in [1.165, 1.54) is 48.8 Å². The summed E-state index contributed by atoms with van der Waals surface area (Å²) in [5, 5.41) is 8.43. The fourth-order valence-electron chi connectivity index (χ4n) is 4.51. The van der Waals surface area contributed by atoms with Crippen LogP contribution in [-0.4, -0.2) is 61.9 Å². The Morgan fingerprint density at radius 1 is 1.10 bits per heavy atom. The molecule has 0 spiro atoms. The van der Waals surface area contributed by atoms with E-state index >= 15 is 0 Å². The molecule has 1 aromatic carbocycles. The third-order valence-corrected chi connectivity index (χ3v) is 6.14. The molecule has 1 amide bonds. The van der Waals surface area contributed by atoms with Crippen LogP contribution < -0.4 is 4.90 Å². The average molecular weight is 409 g/mol. The summed E-state index contributed by atoms with van der Waals surface area (Å²) in [4.78, 5) is 25.5. The quantitative estimate of drug-likeness (QED) is 0.659. The minimum atomic E-state index is -0.344. The highest BCUT2D eigenvalue weighted by Gasteiger charge is 2.27. The molecular weight excluding hydrogens is 385 g/mol. The Bertz CT molecular complexity index is 1050. The molecule has 30 heavy (non-hydrogen) atoms. The maximum Gasteiger partial charge on any atom is 0.222 e. The van der Waals surface area contributed by atoms with Gasteiger partial charge in [0, 0.05) is 32.6 Å². The molecule has 156 valence electrons. The van der Waals surface area contributed by atoms with E-state index in [2.05, 4.69) is 25.2 Å². The fraction of sp³-hybridized carbons (Fsp3) is 0.476. The molecule has 1 saturated carbocycles. The number of carbonyl (C=O) groups is 1. The van der Waals surface area contributed by atoms with Crippen LogP contribution in [0.3, 0.4) is 0 Å². The molecule has 3 aromatic rings. The van der Waals surface area contributed by atoms with Gasteiger partial charge >= 0.3 is 0 Å². The van der Waals surface area contributed by atoms with Gasteiger partial charge in [-0.15, -0.1) is 5.10 Å². The Kier molecular flexibility index (Phi) is 5.02. The van der Waals surface area contributed by atoms with Gasteiger partial charge in [-0.2, -0.15) is 4.68 Å². The molecule has 1 aliphatic carbocycles. The molecule has 2 aliphatic rings. The molecule has 0 unspecified atom stereocenters. The number of aromatic nitrogens is 5. The molecule has 9 heteroatoms. The van der Waals surface area contributed by atoms with Crippen LogP contribution in [-0.2, 0) is 4.79 Å². The number of rotatable bonds is 4. The molecule has 1 aliphatic heterocycles. The largest absolute Gasteiger partial charge is 0.351 e. The third-order valence-electron chi connectivity index (χ3n) is 6.14. The first kappa shape index (κ1) is 18.9. The Morgan fingerprint density at radius 2 is 1.90 bits per heavy atom. The molecule has 0 N–H and O–H groups in total. The molecule has 0 atom stereocenters. The predicted octanol–water partition coefficient (Wildman–Crippen LogP) is 2.58. The number of nitrogens with zero attached hydrogens (tertiary/aromatic N) is 7. The van der Waals surface area contributed by atoms with Crippen LogP contribution >= 0.6 is 0 Å². The summed E-state index contributed by atoms with van der Waals surface area (Å²) in [7, 11) is 0. The van der Waals surface area contributed by atoms with Crippen molar-refractivity contribution in [2.45, 2.75) is 32.1 Å². The van der Waals surface area contributed by atoms with E-state index in [-0.39, 0.29) is 11.7 Å². The standard InChI is InChI=1S/C21H24FN7O/c22-16-6-3-7-17(13-16)29-21-19(25-26-29)20(23-14-24-21)28-10-8-27(9-11-28)18(30)12-15-4-1-2-5-15/h3,6-7,13-15H,1-2,4-5,8-12H2. The number of hydrogen-bond acceptors (Lipinski definition) is 6. The SMILES string of the molecule is O=C(CC1CCCC1)N1CCN(c2ncnc3c2nnn3-c2cccc(F)c2)CC1. The van der Waals surface area contributed by atoms with Gasteiger partial charge in [0.2, 0.25) is 5.91 Å². The molecule has 2 fully saturated rings. The number of anilines is 1. The van der Waals surface area contributed by atoms with Crippen LogP contribution in [0.2, 0.25) is 0 Å². The molecule has 3 heterocycles. The lowest BCUT2D eigenvalue weighted by molar-refractivity contribution is -0.132. The van der Waals surface area contributed by atoms with Crippen molar-refractivity contribution in [2.75, 3.05) is 31.1 Å². The minimum absolute atomic E-state index is 0.270. The highest BCUT2D eigenvalue weighted by atomic mass is 19.1. The third kappa shape index (κ3) is 3.59. The van der Waals surface area contributed by atoms with Gasteiger partial charge in [0.25, 0.3) is 0 Å². The second kappa shape index (κ2) is 7.97. The first-order valence-corrected chi connectivity index (χ1v) is 10.5. The van der Waals surface area contributed by atoms with Gasteiger partial charge < -0.3 is 9.80 Å². The lowest BCUT2D eigenvalue weighted by Gasteiger charge is -2.35. The predicted molar refractivity (Wildman–Crippen MR) is 110 cm³/mol. The topological polar surface area (TPSA) is 80.0 Å². The molecule has 5 rings (SSSR count). The van der Waals surface area contributed by atoms with Crippen LogP contribution in [0, 0.1) is 11.7 Å². The molecule has 0 radical (unpaired) electrons. The van der Waals surface area contributed by atoms with Crippen LogP contribution in [0.1, 0.15) is 32.1 Å². The number of piperazine rings is 1. The average Bonchev–Trinajstić information content (AvgIpc) is 3.43. The Balaban J connectivity index is 1.32. The minimum Gasteiger partial charge on any atom is -0.351 e. The highest BCUT2D eigenvalue weighted by Crippen LogP contribution is 2.29. The van der Waals surface area contributed by atoms with E-state index in [0.717, 1.165) is 0 Å². The van der Waals surface area contributed by atoms with Gasteiger partial charge in [-0.1, -0.05) is 24.1 Å². The van der Waals surface area contributed by atoms with Crippen molar-refractivity contribution in [3.8, 4) is 5.69 Å². The molecule has 1 saturated heterocycles. The summed E-state index contributed by atoms with van der Waals surface area (Å²) in [6, 6.07) is 6.16. The first-order valence-electron chi connectivity index (χ1n) is 10.5. The van der Waals surface area contributed by atoms with Gasteiger partial charge in [0.05, 0.1) is 5.69 Å². The van der Waals surface area contributed by atoms with E-state index in [0.29, 0.717) is 61.2 Å². The number of amides is 1. The zero-order valence-electron chi connectivity index (χ0n) is 16.7. The normalized spacial score (nSPS) is 17.8. The van der Waals surface area contributed by atoms with E-state index < -0.39 is 0 Å². The summed E-state index contributed by atoms with van der Waals surface area (Å²) >= 11 is 0. The second-order valence-electron chi connectivity index (χ2n) is 8.07. The number of benzene rings is 1. The summed E-state index contributed by atoms with van der Waals surface area (Å²) in [6.45, 7) is 2.73. The number of hydrogen-bond donors (Lipinski definition) is 0. The molecular formula is C21H24FN7O. The fourth-order valence-corrected chi connectivity index (χ4v) is 4.51. The van der Waals surface area contributed by atoms with E-state index in [9.17, 15) is 9.18 Å². The molecule has 8 nitrogen and oxygen atoms in total. The zero-order valence-corrected chi connectivity index (χ0v) is 16.7. The molecule has 2 aromatic heterocycles. The maximum atomic E-state index is 13.6. The van der Waals surface area contributed by atoms with Crippen molar-refractivity contribution < 1.29 is 9.18 Å². The van der Waals surface area contributed by atoms with Crippen molar-refractivity contribution in [1.82, 2.24) is 29.9 Å². The van der Waals surface area contributed by atoms with E-state index in [1.54, 1.807) is 12.1 Å². The highest BCUT2D eigenvalue weighted by molar-refractivity contribution is 5.84. The van der Waals surface area contributed by atoms with Crippen LogP contribution in [0.4, 0.5) is 10.2 Å². The van der Waals surface area contributed by atoms with Gasteiger partial charge in [-0.05, 0) is 37.0 Å². The van der Waals surface area contributed by atoms with Gasteiger partial charge in [-0.25, -0.2) is 14.4 Å². The summed E-state index contributed by atoms with van der Waals surface area (Å²) < 4.78 is 15.1. The van der Waals surface area contributed by atoms with Crippen molar-refractivity contribution in [1.29, 1.82) is 0 Å². The van der Waals surface area contributed by atoms with Crippen molar-refractivity contribution in [3.05, 3.63) is 36.4 Å². The van der Waals surface area contributed by atoms with E-state index in [4.69, 9.17) is 0 Å². The monoisotopic (exact) mass is 409 g/mol. The Hall–Kier alpha value is -3.10. The van der Waals surface area contributed by atoms with Crippen LogP contribution in [0.5, 0.6) is 0 Å². The van der Waals surface area contributed by atoms with Gasteiger partial charge in [0.15, 0.2) is 17.0 Å². The van der Waals surface area contributed by atoms with Crippen LogP contribution in [0.25, 0.3) is 16.9 Å². The maximum absolute atomic E-state index is 13.6. The van der Waals surface area contributed by atoms with Crippen molar-refractivity contribution >= 4 is 22.9 Å². The number of carbonyl (C=O) groups excluding carboxylic acids is 1. The van der Waals surface area contributed by atoms with Crippen molar-refractivity contribution in [2.24, 2.45) is 5.92 Å². The number of halogens is 1. The number of fused-ring (bicyclic) bond motifs is 1. The van der Waals surface area contributed by atoms with Gasteiger partial charge in [0.1, 0.15) is 12.1 Å². The Labute approximate surface area is 173 Å². The zero-order chi connectivity index (χ0) is 20.5.